The summed E-state index contributed by atoms with van der Waals surface area (Å²) in [5.41, 5.74) is 4.31. The van der Waals surface area contributed by atoms with Gasteiger partial charge in [0, 0.05) is 29.9 Å². The van der Waals surface area contributed by atoms with Crippen molar-refractivity contribution in [1.29, 1.82) is 0 Å². The second-order valence-electron chi connectivity index (χ2n) is 8.61. The van der Waals surface area contributed by atoms with E-state index in [1.165, 1.54) is 44.1 Å². The second-order valence-corrected chi connectivity index (χ2v) is 8.61. The Hall–Kier alpha value is -3.01. The monoisotopic (exact) mass is 444 g/mol. The Labute approximate surface area is 198 Å². The van der Waals surface area contributed by atoms with Gasteiger partial charge in [-0.1, -0.05) is 88.8 Å². The molecular weight excluding hydrogens is 408 g/mol. The van der Waals surface area contributed by atoms with Crippen LogP contribution in [0.1, 0.15) is 77.2 Å². The molecule has 1 heterocycles. The first-order chi connectivity index (χ1) is 16.2. The van der Waals surface area contributed by atoms with Gasteiger partial charge in [-0.2, -0.15) is 0 Å². The van der Waals surface area contributed by atoms with Crippen LogP contribution in [0.25, 0.3) is 22.5 Å². The maximum absolute atomic E-state index is 12.0. The van der Waals surface area contributed by atoms with Crippen molar-refractivity contribution in [3.05, 3.63) is 66.5 Å². The van der Waals surface area contributed by atoms with Crippen LogP contribution in [-0.2, 0) is 11.2 Å². The van der Waals surface area contributed by atoms with Crippen LogP contribution >= 0.6 is 0 Å². The number of esters is 1. The summed E-state index contributed by atoms with van der Waals surface area (Å²) in [5.74, 6) is 1.14. The molecular formula is C29H36N2O2. The molecule has 174 valence electrons. The molecule has 0 fully saturated rings. The summed E-state index contributed by atoms with van der Waals surface area (Å²) < 4.78 is 5.46. The number of rotatable bonds is 13. The molecule has 0 N–H and O–H groups in total. The van der Waals surface area contributed by atoms with Crippen molar-refractivity contribution in [3.8, 4) is 28.3 Å². The zero-order chi connectivity index (χ0) is 23.3. The van der Waals surface area contributed by atoms with Crippen LogP contribution in [0, 0.1) is 0 Å². The summed E-state index contributed by atoms with van der Waals surface area (Å²) in [5, 5.41) is 0. The summed E-state index contributed by atoms with van der Waals surface area (Å²) >= 11 is 0. The lowest BCUT2D eigenvalue weighted by atomic mass is 10.0. The zero-order valence-electron chi connectivity index (χ0n) is 20.1. The van der Waals surface area contributed by atoms with Crippen molar-refractivity contribution < 1.29 is 9.53 Å². The Morgan fingerprint density at radius 3 is 1.97 bits per heavy atom. The maximum atomic E-state index is 12.0. The van der Waals surface area contributed by atoms with Crippen LogP contribution in [0.4, 0.5) is 0 Å². The number of carbonyl (C=O) groups is 1. The quantitative estimate of drug-likeness (QED) is 0.153. The van der Waals surface area contributed by atoms with Gasteiger partial charge in [0.2, 0.25) is 0 Å². The number of unbranched alkanes of at least 4 members (excludes halogenated alkanes) is 6. The van der Waals surface area contributed by atoms with Crippen molar-refractivity contribution in [1.82, 2.24) is 9.97 Å². The van der Waals surface area contributed by atoms with Crippen molar-refractivity contribution in [2.24, 2.45) is 0 Å². The molecule has 3 aromatic rings. The van der Waals surface area contributed by atoms with E-state index >= 15 is 0 Å². The van der Waals surface area contributed by atoms with Gasteiger partial charge in [0.15, 0.2) is 5.82 Å². The first-order valence-corrected chi connectivity index (χ1v) is 12.4. The molecule has 2 aromatic carbocycles. The summed E-state index contributed by atoms with van der Waals surface area (Å²) in [6.07, 6.45) is 14.6. The van der Waals surface area contributed by atoms with Crippen molar-refractivity contribution in [3.63, 3.8) is 0 Å². The zero-order valence-corrected chi connectivity index (χ0v) is 20.1. The minimum atomic E-state index is -0.164. The second kappa shape index (κ2) is 13.5. The molecule has 33 heavy (non-hydrogen) atoms. The van der Waals surface area contributed by atoms with Gasteiger partial charge in [-0.25, -0.2) is 9.97 Å². The van der Waals surface area contributed by atoms with Crippen LogP contribution in [0.15, 0.2) is 60.9 Å². The molecule has 0 spiro atoms. The van der Waals surface area contributed by atoms with Crippen molar-refractivity contribution in [2.45, 2.75) is 78.1 Å². The van der Waals surface area contributed by atoms with E-state index in [2.05, 4.69) is 48.1 Å². The smallest absolute Gasteiger partial charge is 0.311 e. The number of aryl methyl sites for hydroxylation is 1. The fourth-order valence-electron chi connectivity index (χ4n) is 3.80. The number of aromatic nitrogens is 2. The highest BCUT2D eigenvalue weighted by Crippen LogP contribution is 2.24. The van der Waals surface area contributed by atoms with Gasteiger partial charge in [0.1, 0.15) is 5.75 Å². The molecule has 0 aliphatic carbocycles. The van der Waals surface area contributed by atoms with E-state index < -0.39 is 0 Å². The van der Waals surface area contributed by atoms with Crippen LogP contribution in [0.3, 0.4) is 0 Å². The third kappa shape index (κ3) is 8.12. The molecule has 0 saturated heterocycles. The van der Waals surface area contributed by atoms with Gasteiger partial charge in [-0.3, -0.25) is 4.79 Å². The fourth-order valence-corrected chi connectivity index (χ4v) is 3.80. The van der Waals surface area contributed by atoms with Crippen molar-refractivity contribution >= 4 is 5.97 Å². The molecule has 0 bridgehead atoms. The summed E-state index contributed by atoms with van der Waals surface area (Å²) in [6.45, 7) is 4.41. The lowest BCUT2D eigenvalue weighted by molar-refractivity contribution is -0.134. The Bertz CT molecular complexity index is 964. The molecule has 3 rings (SSSR count). The predicted octanol–water partition coefficient (Wildman–Crippen LogP) is 7.81. The number of hydrogen-bond acceptors (Lipinski definition) is 4. The summed E-state index contributed by atoms with van der Waals surface area (Å²) in [4.78, 5) is 21.1. The fraction of sp³-hybridized carbons (Fsp3) is 0.414. The van der Waals surface area contributed by atoms with Crippen molar-refractivity contribution in [2.75, 3.05) is 0 Å². The maximum Gasteiger partial charge on any atom is 0.311 e. The Morgan fingerprint density at radius 1 is 0.697 bits per heavy atom. The Kier molecular flexibility index (Phi) is 10.1. The predicted molar refractivity (Wildman–Crippen MR) is 135 cm³/mol. The molecule has 0 radical (unpaired) electrons. The lowest BCUT2D eigenvalue weighted by Crippen LogP contribution is -2.07. The molecule has 0 saturated carbocycles. The highest BCUT2D eigenvalue weighted by Gasteiger charge is 2.07. The van der Waals surface area contributed by atoms with E-state index in [0.717, 1.165) is 41.8 Å². The van der Waals surface area contributed by atoms with E-state index in [9.17, 15) is 4.79 Å². The van der Waals surface area contributed by atoms with Crippen LogP contribution in [-0.4, -0.2) is 15.9 Å². The molecule has 4 heteroatoms. The van der Waals surface area contributed by atoms with Crippen LogP contribution < -0.4 is 4.74 Å². The average molecular weight is 445 g/mol. The highest BCUT2D eigenvalue weighted by atomic mass is 16.5. The molecule has 0 amide bonds. The first-order valence-electron chi connectivity index (χ1n) is 12.4. The van der Waals surface area contributed by atoms with Gasteiger partial charge >= 0.3 is 5.97 Å². The average Bonchev–Trinajstić information content (AvgIpc) is 2.85. The van der Waals surface area contributed by atoms with E-state index in [0.29, 0.717) is 12.2 Å². The standard InChI is InChI=1S/C29H36N2O2/c1-3-5-7-8-10-12-28(32)33-27-19-17-24(18-20-27)26-21-30-29(31-22-26)25-15-13-23(14-16-25)11-9-6-4-2/h13-22H,3-12H2,1-2H3. The number of ether oxygens (including phenoxy) is 1. The molecule has 0 atom stereocenters. The summed E-state index contributed by atoms with van der Waals surface area (Å²) in [7, 11) is 0. The Balaban J connectivity index is 1.52. The molecule has 0 aliphatic heterocycles. The SMILES string of the molecule is CCCCCCCC(=O)Oc1ccc(-c2cnc(-c3ccc(CCCCC)cc3)nc2)cc1. The van der Waals surface area contributed by atoms with Gasteiger partial charge in [-0.05, 0) is 42.5 Å². The molecule has 0 unspecified atom stereocenters. The number of hydrogen-bond donors (Lipinski definition) is 0. The highest BCUT2D eigenvalue weighted by molar-refractivity contribution is 5.73. The normalized spacial score (nSPS) is 10.8. The van der Waals surface area contributed by atoms with E-state index in [4.69, 9.17) is 4.74 Å². The number of nitrogens with zero attached hydrogens (tertiary/aromatic N) is 2. The third-order valence-electron chi connectivity index (χ3n) is 5.84. The topological polar surface area (TPSA) is 52.1 Å². The van der Waals surface area contributed by atoms with Crippen LogP contribution in [0.2, 0.25) is 0 Å². The van der Waals surface area contributed by atoms with Gasteiger partial charge in [0.05, 0.1) is 0 Å². The van der Waals surface area contributed by atoms with Gasteiger partial charge < -0.3 is 4.74 Å². The summed E-state index contributed by atoms with van der Waals surface area (Å²) in [6, 6.07) is 16.1. The van der Waals surface area contributed by atoms with E-state index in [1.807, 2.05) is 36.7 Å². The minimum absolute atomic E-state index is 0.164. The van der Waals surface area contributed by atoms with E-state index in [1.54, 1.807) is 0 Å². The van der Waals surface area contributed by atoms with Gasteiger partial charge in [-0.15, -0.1) is 0 Å². The molecule has 4 nitrogen and oxygen atoms in total. The Morgan fingerprint density at radius 2 is 1.30 bits per heavy atom. The van der Waals surface area contributed by atoms with Gasteiger partial charge in [0.25, 0.3) is 0 Å². The lowest BCUT2D eigenvalue weighted by Gasteiger charge is -2.07. The van der Waals surface area contributed by atoms with Crippen LogP contribution in [0.5, 0.6) is 5.75 Å². The third-order valence-corrected chi connectivity index (χ3v) is 5.84. The molecule has 1 aromatic heterocycles. The molecule has 0 aliphatic rings. The number of carbonyl (C=O) groups excluding carboxylic acids is 1. The largest absolute Gasteiger partial charge is 0.427 e. The first kappa shape index (κ1) is 24.6. The van der Waals surface area contributed by atoms with E-state index in [-0.39, 0.29) is 5.97 Å². The minimum Gasteiger partial charge on any atom is -0.427 e. The number of benzene rings is 2.